The lowest BCUT2D eigenvalue weighted by atomic mass is 10.1. The van der Waals surface area contributed by atoms with Gasteiger partial charge in [0.05, 0.1) is 5.69 Å². The number of hydrogen-bond acceptors (Lipinski definition) is 3. The van der Waals surface area contributed by atoms with Crippen molar-refractivity contribution < 1.29 is 14.4 Å². The van der Waals surface area contributed by atoms with Crippen molar-refractivity contribution in [1.29, 1.82) is 0 Å². The van der Waals surface area contributed by atoms with Crippen molar-refractivity contribution in [3.05, 3.63) is 65.7 Å². The largest absolute Gasteiger partial charge is 0.348 e. The fourth-order valence-electron chi connectivity index (χ4n) is 2.51. The van der Waals surface area contributed by atoms with Crippen LogP contribution in [0, 0.1) is 0 Å². The van der Waals surface area contributed by atoms with E-state index in [0.717, 1.165) is 5.56 Å². The lowest BCUT2D eigenvalue weighted by Crippen LogP contribution is -2.28. The molecule has 3 amide bonds. The zero-order chi connectivity index (χ0) is 16.2. The topological polar surface area (TPSA) is 66.5 Å². The smallest absolute Gasteiger partial charge is 0.251 e. The van der Waals surface area contributed by atoms with E-state index < -0.39 is 0 Å². The summed E-state index contributed by atoms with van der Waals surface area (Å²) in [4.78, 5) is 36.7. The highest BCUT2D eigenvalue weighted by molar-refractivity contribution is 6.19. The maximum absolute atomic E-state index is 12.1. The van der Waals surface area contributed by atoms with E-state index in [2.05, 4.69) is 5.32 Å². The Morgan fingerprint density at radius 1 is 0.913 bits per heavy atom. The van der Waals surface area contributed by atoms with E-state index in [-0.39, 0.29) is 30.6 Å². The monoisotopic (exact) mass is 308 g/mol. The molecule has 0 saturated carbocycles. The molecule has 116 valence electrons. The molecule has 5 heteroatoms. The van der Waals surface area contributed by atoms with Gasteiger partial charge < -0.3 is 5.32 Å². The SMILES string of the molecule is O=C(NCc1ccccc1)c1ccc(N2C(=O)CCC2=O)cc1. The number of rotatable bonds is 4. The number of benzene rings is 2. The normalized spacial score (nSPS) is 14.2. The molecule has 0 aliphatic carbocycles. The zero-order valence-corrected chi connectivity index (χ0v) is 12.5. The third-order valence-corrected chi connectivity index (χ3v) is 3.74. The molecule has 5 nitrogen and oxygen atoms in total. The highest BCUT2D eigenvalue weighted by Crippen LogP contribution is 2.22. The van der Waals surface area contributed by atoms with Crippen LogP contribution in [0.25, 0.3) is 0 Å². The van der Waals surface area contributed by atoms with E-state index in [1.54, 1.807) is 24.3 Å². The number of amides is 3. The first kappa shape index (κ1) is 15.0. The molecule has 2 aromatic carbocycles. The van der Waals surface area contributed by atoms with Gasteiger partial charge in [-0.15, -0.1) is 0 Å². The summed E-state index contributed by atoms with van der Waals surface area (Å²) in [6, 6.07) is 16.1. The highest BCUT2D eigenvalue weighted by atomic mass is 16.2. The molecule has 0 spiro atoms. The summed E-state index contributed by atoms with van der Waals surface area (Å²) in [5, 5.41) is 2.84. The number of anilines is 1. The summed E-state index contributed by atoms with van der Waals surface area (Å²) in [5.74, 6) is -0.591. The van der Waals surface area contributed by atoms with E-state index in [9.17, 15) is 14.4 Å². The fraction of sp³-hybridized carbons (Fsp3) is 0.167. The summed E-state index contributed by atoms with van der Waals surface area (Å²) in [6.07, 6.45) is 0.496. The molecule has 1 aliphatic rings. The van der Waals surface area contributed by atoms with Crippen LogP contribution in [0.1, 0.15) is 28.8 Å². The number of nitrogens with one attached hydrogen (secondary N) is 1. The molecule has 1 aliphatic heterocycles. The van der Waals surface area contributed by atoms with Gasteiger partial charge in [0.25, 0.3) is 5.91 Å². The molecule has 0 radical (unpaired) electrons. The first-order valence-corrected chi connectivity index (χ1v) is 7.43. The summed E-state index contributed by atoms with van der Waals surface area (Å²) in [7, 11) is 0. The average Bonchev–Trinajstić information content (AvgIpc) is 2.92. The molecule has 0 bridgehead atoms. The van der Waals surface area contributed by atoms with Crippen LogP contribution < -0.4 is 10.2 Å². The Morgan fingerprint density at radius 2 is 1.52 bits per heavy atom. The maximum atomic E-state index is 12.1. The molecule has 1 heterocycles. The minimum Gasteiger partial charge on any atom is -0.348 e. The predicted molar refractivity (Wildman–Crippen MR) is 85.8 cm³/mol. The van der Waals surface area contributed by atoms with Crippen molar-refractivity contribution in [2.24, 2.45) is 0 Å². The third kappa shape index (κ3) is 3.29. The quantitative estimate of drug-likeness (QED) is 0.881. The minimum absolute atomic E-state index is 0.195. The Hall–Kier alpha value is -2.95. The molecule has 2 aromatic rings. The summed E-state index contributed by atoms with van der Waals surface area (Å²) in [6.45, 7) is 0.449. The van der Waals surface area contributed by atoms with Crippen molar-refractivity contribution in [3.8, 4) is 0 Å². The van der Waals surface area contributed by atoms with Crippen LogP contribution in [0.3, 0.4) is 0 Å². The van der Waals surface area contributed by atoms with Crippen LogP contribution >= 0.6 is 0 Å². The Kier molecular flexibility index (Phi) is 4.19. The van der Waals surface area contributed by atoms with Gasteiger partial charge in [-0.05, 0) is 29.8 Å². The molecule has 0 atom stereocenters. The minimum atomic E-state index is -0.198. The molecule has 3 rings (SSSR count). The van der Waals surface area contributed by atoms with Gasteiger partial charge in [-0.25, -0.2) is 0 Å². The Bertz CT molecular complexity index is 723. The molecular formula is C18H16N2O3. The van der Waals surface area contributed by atoms with Crippen molar-refractivity contribution in [2.75, 3.05) is 4.90 Å². The lowest BCUT2D eigenvalue weighted by Gasteiger charge is -2.14. The van der Waals surface area contributed by atoms with Gasteiger partial charge in [-0.2, -0.15) is 0 Å². The average molecular weight is 308 g/mol. The molecule has 1 saturated heterocycles. The van der Waals surface area contributed by atoms with E-state index in [4.69, 9.17) is 0 Å². The molecular weight excluding hydrogens is 292 g/mol. The summed E-state index contributed by atoms with van der Waals surface area (Å²) < 4.78 is 0. The van der Waals surface area contributed by atoms with Crippen LogP contribution in [0.5, 0.6) is 0 Å². The predicted octanol–water partition coefficient (Wildman–Crippen LogP) is 2.27. The molecule has 0 unspecified atom stereocenters. The van der Waals surface area contributed by atoms with Crippen molar-refractivity contribution in [2.45, 2.75) is 19.4 Å². The van der Waals surface area contributed by atoms with Crippen LogP contribution in [-0.4, -0.2) is 17.7 Å². The zero-order valence-electron chi connectivity index (χ0n) is 12.5. The second-order valence-corrected chi connectivity index (χ2v) is 5.34. The van der Waals surface area contributed by atoms with E-state index in [1.165, 1.54) is 4.90 Å². The number of imide groups is 1. The Labute approximate surface area is 133 Å². The van der Waals surface area contributed by atoms with E-state index in [1.807, 2.05) is 30.3 Å². The van der Waals surface area contributed by atoms with Crippen molar-refractivity contribution >= 4 is 23.4 Å². The fourth-order valence-corrected chi connectivity index (χ4v) is 2.51. The van der Waals surface area contributed by atoms with Gasteiger partial charge in [-0.1, -0.05) is 30.3 Å². The molecule has 0 aromatic heterocycles. The second kappa shape index (κ2) is 6.44. The van der Waals surface area contributed by atoms with Crippen molar-refractivity contribution in [3.63, 3.8) is 0 Å². The van der Waals surface area contributed by atoms with Gasteiger partial charge in [0, 0.05) is 24.9 Å². The standard InChI is InChI=1S/C18H16N2O3/c21-16-10-11-17(22)20(16)15-8-6-14(7-9-15)18(23)19-12-13-4-2-1-3-5-13/h1-9H,10-12H2,(H,19,23). The second-order valence-electron chi connectivity index (χ2n) is 5.34. The van der Waals surface area contributed by atoms with Crippen LogP contribution in [-0.2, 0) is 16.1 Å². The Balaban J connectivity index is 1.66. The number of carbonyl (C=O) groups is 3. The van der Waals surface area contributed by atoms with Gasteiger partial charge in [0.1, 0.15) is 0 Å². The number of carbonyl (C=O) groups excluding carboxylic acids is 3. The number of nitrogens with zero attached hydrogens (tertiary/aromatic N) is 1. The summed E-state index contributed by atoms with van der Waals surface area (Å²) in [5.41, 5.74) is 2.02. The summed E-state index contributed by atoms with van der Waals surface area (Å²) >= 11 is 0. The number of hydrogen-bond donors (Lipinski definition) is 1. The van der Waals surface area contributed by atoms with Crippen molar-refractivity contribution in [1.82, 2.24) is 5.32 Å². The van der Waals surface area contributed by atoms with E-state index in [0.29, 0.717) is 17.8 Å². The molecule has 23 heavy (non-hydrogen) atoms. The first-order valence-electron chi connectivity index (χ1n) is 7.43. The van der Waals surface area contributed by atoms with Crippen LogP contribution in [0.4, 0.5) is 5.69 Å². The van der Waals surface area contributed by atoms with Gasteiger partial charge in [-0.3, -0.25) is 19.3 Å². The van der Waals surface area contributed by atoms with Crippen LogP contribution in [0.15, 0.2) is 54.6 Å². The highest BCUT2D eigenvalue weighted by Gasteiger charge is 2.30. The molecule has 1 fully saturated rings. The Morgan fingerprint density at radius 3 is 2.13 bits per heavy atom. The maximum Gasteiger partial charge on any atom is 0.251 e. The van der Waals surface area contributed by atoms with Gasteiger partial charge >= 0.3 is 0 Å². The van der Waals surface area contributed by atoms with Gasteiger partial charge in [0.15, 0.2) is 0 Å². The van der Waals surface area contributed by atoms with Crippen LogP contribution in [0.2, 0.25) is 0 Å². The first-order chi connectivity index (χ1) is 11.1. The van der Waals surface area contributed by atoms with E-state index >= 15 is 0 Å². The lowest BCUT2D eigenvalue weighted by molar-refractivity contribution is -0.121. The molecule has 1 N–H and O–H groups in total. The third-order valence-electron chi connectivity index (χ3n) is 3.74. The van der Waals surface area contributed by atoms with Gasteiger partial charge in [0.2, 0.25) is 11.8 Å².